The smallest absolute Gasteiger partial charge is 0.310 e. The van der Waals surface area contributed by atoms with Crippen LogP contribution in [0.5, 0.6) is 0 Å². The molecule has 132 valence electrons. The summed E-state index contributed by atoms with van der Waals surface area (Å²) in [5.74, 6) is 1.28. The molecule has 2 saturated heterocycles. The van der Waals surface area contributed by atoms with Gasteiger partial charge >= 0.3 is 5.97 Å². The molecule has 6 rings (SSSR count). The van der Waals surface area contributed by atoms with Crippen molar-refractivity contribution in [3.8, 4) is 0 Å². The lowest BCUT2D eigenvalue weighted by atomic mass is 9.54. The fourth-order valence-electron chi connectivity index (χ4n) is 8.19. The monoisotopic (exact) mass is 338 g/mol. The van der Waals surface area contributed by atoms with E-state index in [0.717, 1.165) is 6.42 Å². The van der Waals surface area contributed by atoms with Crippen LogP contribution in [0.4, 0.5) is 5.69 Å². The molecule has 1 N–H and O–H groups in total. The minimum Gasteiger partial charge on any atom is -0.469 e. The molecule has 2 saturated carbocycles. The molecular weight excluding hydrogens is 312 g/mol. The molecule has 1 aromatic carbocycles. The van der Waals surface area contributed by atoms with Gasteiger partial charge in [0.2, 0.25) is 0 Å². The van der Waals surface area contributed by atoms with Gasteiger partial charge in [0, 0.05) is 23.7 Å². The molecule has 2 aliphatic carbocycles. The zero-order chi connectivity index (χ0) is 17.0. The molecule has 0 aromatic heterocycles. The minimum atomic E-state index is -0.0286. The van der Waals surface area contributed by atoms with Gasteiger partial charge in [-0.25, -0.2) is 0 Å². The third kappa shape index (κ3) is 1.35. The Morgan fingerprint density at radius 2 is 2.20 bits per heavy atom. The van der Waals surface area contributed by atoms with Gasteiger partial charge in [-0.1, -0.05) is 25.1 Å². The lowest BCUT2D eigenvalue weighted by molar-refractivity contribution is -0.152. The molecule has 25 heavy (non-hydrogen) atoms. The van der Waals surface area contributed by atoms with Gasteiger partial charge in [0.1, 0.15) is 0 Å². The van der Waals surface area contributed by atoms with Crippen LogP contribution in [-0.2, 0) is 14.9 Å². The van der Waals surface area contributed by atoms with Crippen molar-refractivity contribution < 1.29 is 9.53 Å². The highest BCUT2D eigenvalue weighted by atomic mass is 16.5. The Morgan fingerprint density at radius 3 is 3.04 bits per heavy atom. The largest absolute Gasteiger partial charge is 0.469 e. The molecule has 4 nitrogen and oxygen atoms in total. The number of para-hydroxylation sites is 1. The van der Waals surface area contributed by atoms with Gasteiger partial charge in [-0.05, 0) is 54.7 Å². The molecule has 0 radical (unpaired) electrons. The van der Waals surface area contributed by atoms with Crippen LogP contribution in [0, 0.1) is 23.2 Å². The summed E-state index contributed by atoms with van der Waals surface area (Å²) in [6.45, 7) is 4.91. The number of nitrogens with one attached hydrogen (secondary N) is 1. The van der Waals surface area contributed by atoms with Crippen molar-refractivity contribution in [2.75, 3.05) is 25.5 Å². The summed E-state index contributed by atoms with van der Waals surface area (Å²) < 4.78 is 5.29. The summed E-state index contributed by atoms with van der Waals surface area (Å²) in [5, 5.41) is 3.80. The standard InChI is InChI=1S/C21H26N2O2/c1-12-15-11-23-9-5-8-20(12)10-13(18(24)25-2)17-21(15,19(20)23)14-6-3-4-7-16(14)22-17/h3-4,6-7,12-13,15,17,19,22H,5,8-11H2,1-2H3. The van der Waals surface area contributed by atoms with E-state index in [1.807, 2.05) is 0 Å². The van der Waals surface area contributed by atoms with Crippen LogP contribution in [0.15, 0.2) is 24.3 Å². The molecule has 3 aliphatic heterocycles. The highest BCUT2D eigenvalue weighted by molar-refractivity contribution is 5.78. The molecule has 1 spiro atoms. The van der Waals surface area contributed by atoms with Crippen molar-refractivity contribution in [3.63, 3.8) is 0 Å². The second kappa shape index (κ2) is 4.40. The van der Waals surface area contributed by atoms with Gasteiger partial charge in [-0.2, -0.15) is 0 Å². The van der Waals surface area contributed by atoms with Crippen molar-refractivity contribution >= 4 is 11.7 Å². The van der Waals surface area contributed by atoms with E-state index in [4.69, 9.17) is 4.74 Å². The first kappa shape index (κ1) is 14.6. The average Bonchev–Trinajstić information content (AvgIpc) is 3.22. The van der Waals surface area contributed by atoms with Crippen LogP contribution in [0.2, 0.25) is 0 Å². The maximum absolute atomic E-state index is 12.8. The number of carbonyl (C=O) groups is 1. The quantitative estimate of drug-likeness (QED) is 0.800. The predicted octanol–water partition coefficient (Wildman–Crippen LogP) is 2.64. The van der Waals surface area contributed by atoms with E-state index in [9.17, 15) is 4.79 Å². The number of hydrogen-bond acceptors (Lipinski definition) is 4. The van der Waals surface area contributed by atoms with Crippen LogP contribution in [0.1, 0.15) is 31.7 Å². The summed E-state index contributed by atoms with van der Waals surface area (Å²) in [5.41, 5.74) is 3.11. The summed E-state index contributed by atoms with van der Waals surface area (Å²) in [6.07, 6.45) is 3.54. The normalized spacial score (nSPS) is 48.6. The van der Waals surface area contributed by atoms with E-state index in [2.05, 4.69) is 41.4 Å². The predicted molar refractivity (Wildman–Crippen MR) is 95.3 cm³/mol. The van der Waals surface area contributed by atoms with Crippen LogP contribution in [0.3, 0.4) is 0 Å². The summed E-state index contributed by atoms with van der Waals surface area (Å²) in [4.78, 5) is 15.6. The van der Waals surface area contributed by atoms with Crippen molar-refractivity contribution in [3.05, 3.63) is 29.8 Å². The van der Waals surface area contributed by atoms with E-state index < -0.39 is 0 Å². The van der Waals surface area contributed by atoms with Gasteiger partial charge in [-0.3, -0.25) is 9.69 Å². The third-order valence-corrected chi connectivity index (χ3v) is 8.73. The Balaban J connectivity index is 1.64. The van der Waals surface area contributed by atoms with E-state index >= 15 is 0 Å². The number of anilines is 1. The second-order valence-corrected chi connectivity index (χ2v) is 9.06. The summed E-state index contributed by atoms with van der Waals surface area (Å²) in [7, 11) is 1.55. The van der Waals surface area contributed by atoms with E-state index in [1.54, 1.807) is 7.11 Å². The van der Waals surface area contributed by atoms with E-state index in [0.29, 0.717) is 17.9 Å². The number of hydrogen-bond donors (Lipinski definition) is 1. The first-order chi connectivity index (χ1) is 12.1. The Labute approximate surface area is 148 Å². The van der Waals surface area contributed by atoms with Crippen molar-refractivity contribution in [1.29, 1.82) is 0 Å². The first-order valence-corrected chi connectivity index (χ1v) is 9.82. The maximum atomic E-state index is 12.8. The molecule has 4 bridgehead atoms. The van der Waals surface area contributed by atoms with Crippen molar-refractivity contribution in [2.45, 2.75) is 43.7 Å². The fraction of sp³-hybridized carbons (Fsp3) is 0.667. The third-order valence-electron chi connectivity index (χ3n) is 8.73. The lowest BCUT2D eigenvalue weighted by Crippen LogP contribution is -2.65. The zero-order valence-electron chi connectivity index (χ0n) is 15.0. The van der Waals surface area contributed by atoms with E-state index in [1.165, 1.54) is 37.2 Å². The number of fused-ring (bicyclic) bond motifs is 1. The number of nitrogens with zero attached hydrogens (tertiary/aromatic N) is 1. The number of carbonyl (C=O) groups excluding carboxylic acids is 1. The summed E-state index contributed by atoms with van der Waals surface area (Å²) in [6, 6.07) is 9.61. The average molecular weight is 338 g/mol. The van der Waals surface area contributed by atoms with Crippen LogP contribution < -0.4 is 5.32 Å². The molecule has 1 aromatic rings. The van der Waals surface area contributed by atoms with Crippen LogP contribution in [-0.4, -0.2) is 43.2 Å². The van der Waals surface area contributed by atoms with Crippen LogP contribution in [0.25, 0.3) is 0 Å². The molecule has 4 heteroatoms. The van der Waals surface area contributed by atoms with Gasteiger partial charge in [-0.15, -0.1) is 0 Å². The van der Waals surface area contributed by atoms with Crippen LogP contribution >= 0.6 is 0 Å². The van der Waals surface area contributed by atoms with Gasteiger partial charge < -0.3 is 10.1 Å². The Kier molecular flexibility index (Phi) is 2.57. The highest BCUT2D eigenvalue weighted by Crippen LogP contribution is 2.75. The number of rotatable bonds is 1. The maximum Gasteiger partial charge on any atom is 0.310 e. The molecule has 7 unspecified atom stereocenters. The fourth-order valence-corrected chi connectivity index (χ4v) is 8.19. The van der Waals surface area contributed by atoms with Gasteiger partial charge in [0.15, 0.2) is 0 Å². The minimum absolute atomic E-state index is 0.0145. The molecule has 0 amide bonds. The topological polar surface area (TPSA) is 41.6 Å². The first-order valence-electron chi connectivity index (χ1n) is 9.82. The molecular formula is C21H26N2O2. The Bertz CT molecular complexity index is 779. The number of esters is 1. The van der Waals surface area contributed by atoms with Gasteiger partial charge in [0.05, 0.1) is 19.1 Å². The Morgan fingerprint density at radius 1 is 1.36 bits per heavy atom. The van der Waals surface area contributed by atoms with Gasteiger partial charge in [0.25, 0.3) is 0 Å². The Hall–Kier alpha value is -1.55. The summed E-state index contributed by atoms with van der Waals surface area (Å²) >= 11 is 0. The zero-order valence-corrected chi connectivity index (χ0v) is 15.0. The lowest BCUT2D eigenvalue weighted by Gasteiger charge is -2.57. The second-order valence-electron chi connectivity index (χ2n) is 9.06. The number of piperidine rings is 2. The van der Waals surface area contributed by atoms with Crippen molar-refractivity contribution in [1.82, 2.24) is 4.90 Å². The SMILES string of the molecule is COC(=O)C1CC23CCCN4CC(C2C)C2(c5ccccc5NC12)C43. The van der Waals surface area contributed by atoms with Crippen molar-refractivity contribution in [2.24, 2.45) is 23.2 Å². The molecule has 7 atom stereocenters. The number of ether oxygens (including phenoxy) is 1. The molecule has 5 aliphatic rings. The molecule has 4 fully saturated rings. The van der Waals surface area contributed by atoms with E-state index in [-0.39, 0.29) is 28.8 Å². The number of methoxy groups -OCH3 is 1. The number of benzene rings is 1. The highest BCUT2D eigenvalue weighted by Gasteiger charge is 2.80. The molecule has 3 heterocycles.